The highest BCUT2D eigenvalue weighted by Crippen LogP contribution is 2.30. The highest BCUT2D eigenvalue weighted by atomic mass is 16.6. The highest BCUT2D eigenvalue weighted by molar-refractivity contribution is 5.91. The molecule has 134 valence electrons. The van der Waals surface area contributed by atoms with E-state index >= 15 is 0 Å². The van der Waals surface area contributed by atoms with E-state index < -0.39 is 39.2 Å². The third-order valence-corrected chi connectivity index (χ3v) is 3.89. The molecule has 0 heterocycles. The minimum Gasteiger partial charge on any atom is -0.481 e. The third kappa shape index (κ3) is 4.70. The summed E-state index contributed by atoms with van der Waals surface area (Å²) in [5.41, 5.74) is 2.01. The fourth-order valence-electron chi connectivity index (χ4n) is 2.67. The van der Waals surface area contributed by atoms with Gasteiger partial charge in [0.25, 0.3) is 5.69 Å². The van der Waals surface area contributed by atoms with Gasteiger partial charge in [0.1, 0.15) is 5.69 Å². The Morgan fingerprint density at radius 3 is 2.64 bits per heavy atom. The van der Waals surface area contributed by atoms with E-state index in [4.69, 9.17) is 5.11 Å². The van der Waals surface area contributed by atoms with Gasteiger partial charge in [-0.05, 0) is 25.3 Å². The van der Waals surface area contributed by atoms with E-state index in [1.807, 2.05) is 0 Å². The molecule has 11 nitrogen and oxygen atoms in total. The van der Waals surface area contributed by atoms with Gasteiger partial charge in [-0.25, -0.2) is 0 Å². The van der Waals surface area contributed by atoms with Gasteiger partial charge >= 0.3 is 11.7 Å². The lowest BCUT2D eigenvalue weighted by molar-refractivity contribution is -0.393. The molecular formula is C14H16N4O7. The summed E-state index contributed by atoms with van der Waals surface area (Å²) < 4.78 is 0. The molecule has 1 aliphatic rings. The number of nitro benzene ring substituents is 2. The van der Waals surface area contributed by atoms with Crippen LogP contribution in [0, 0.1) is 26.1 Å². The van der Waals surface area contributed by atoms with Gasteiger partial charge in [0.2, 0.25) is 0 Å². The number of aliphatic hydroxyl groups is 1. The summed E-state index contributed by atoms with van der Waals surface area (Å²) >= 11 is 0. The highest BCUT2D eigenvalue weighted by Gasteiger charge is 2.28. The van der Waals surface area contributed by atoms with Crippen LogP contribution >= 0.6 is 0 Å². The molecule has 1 saturated carbocycles. The van der Waals surface area contributed by atoms with Gasteiger partial charge in [-0.2, -0.15) is 5.10 Å². The molecular weight excluding hydrogens is 336 g/mol. The van der Waals surface area contributed by atoms with Crippen molar-refractivity contribution in [1.82, 2.24) is 0 Å². The summed E-state index contributed by atoms with van der Waals surface area (Å²) in [6, 6.07) is 3.10. The lowest BCUT2D eigenvalue weighted by atomic mass is 9.83. The van der Waals surface area contributed by atoms with Crippen molar-refractivity contribution >= 4 is 28.7 Å². The van der Waals surface area contributed by atoms with Crippen LogP contribution < -0.4 is 5.43 Å². The number of hydrogen-bond acceptors (Lipinski definition) is 8. The van der Waals surface area contributed by atoms with Crippen LogP contribution in [0.15, 0.2) is 23.3 Å². The molecule has 3 N–H and O–H groups in total. The summed E-state index contributed by atoms with van der Waals surface area (Å²) in [7, 11) is 0. The molecule has 0 aromatic heterocycles. The number of benzene rings is 1. The average Bonchev–Trinajstić information content (AvgIpc) is 2.53. The number of carboxylic acid groups (broad SMARTS) is 1. The Bertz CT molecular complexity index is 734. The molecule has 0 aliphatic heterocycles. The second kappa shape index (κ2) is 7.66. The second-order valence-electron chi connectivity index (χ2n) is 5.65. The Hall–Kier alpha value is -3.08. The van der Waals surface area contributed by atoms with Crippen LogP contribution in [0.5, 0.6) is 0 Å². The number of hydrazone groups is 1. The topological polar surface area (TPSA) is 168 Å². The molecule has 2 atom stereocenters. The summed E-state index contributed by atoms with van der Waals surface area (Å²) in [6.45, 7) is 0. The molecule has 2 unspecified atom stereocenters. The van der Waals surface area contributed by atoms with E-state index in [0.29, 0.717) is 18.6 Å². The van der Waals surface area contributed by atoms with E-state index in [2.05, 4.69) is 10.5 Å². The monoisotopic (exact) mass is 352 g/mol. The number of non-ortho nitro benzene ring substituents is 1. The number of rotatable bonds is 6. The molecule has 1 aliphatic carbocycles. The molecule has 0 radical (unpaired) electrons. The maximum Gasteiger partial charge on any atom is 0.304 e. The van der Waals surface area contributed by atoms with Crippen molar-refractivity contribution in [2.75, 3.05) is 5.43 Å². The van der Waals surface area contributed by atoms with Crippen molar-refractivity contribution in [2.45, 2.75) is 31.8 Å². The number of carboxylic acids is 1. The van der Waals surface area contributed by atoms with Crippen LogP contribution in [0.1, 0.15) is 25.7 Å². The van der Waals surface area contributed by atoms with E-state index in [-0.39, 0.29) is 18.5 Å². The summed E-state index contributed by atoms with van der Waals surface area (Å²) in [5, 5.41) is 44.5. The number of aliphatic hydroxyl groups excluding tert-OH is 1. The Morgan fingerprint density at radius 1 is 1.32 bits per heavy atom. The molecule has 1 aromatic rings. The Labute approximate surface area is 141 Å². The molecule has 11 heteroatoms. The first-order valence-electron chi connectivity index (χ1n) is 7.43. The lowest BCUT2D eigenvalue weighted by Crippen LogP contribution is -2.30. The van der Waals surface area contributed by atoms with E-state index in [0.717, 1.165) is 12.1 Å². The number of nitrogens with one attached hydrogen (secondary N) is 1. The van der Waals surface area contributed by atoms with Crippen LogP contribution in [-0.2, 0) is 4.79 Å². The number of carbonyl (C=O) groups is 1. The standard InChI is InChI=1S/C14H16N4O7/c19-10-2-4-11(8(5-10)6-14(20)21)15-16-12-3-1-9(17(22)23)7-13(12)18(24)25/h1,3,7-8,10,16,19H,2,4-6H2,(H,20,21). The first-order chi connectivity index (χ1) is 11.8. The SMILES string of the molecule is O=C(O)CC1CC(O)CCC1=NNc1ccc([N+](=O)[O-])cc1[N+](=O)[O-]. The Kier molecular flexibility index (Phi) is 5.60. The first-order valence-corrected chi connectivity index (χ1v) is 7.43. The second-order valence-corrected chi connectivity index (χ2v) is 5.65. The number of nitrogens with zero attached hydrogens (tertiary/aromatic N) is 3. The molecule has 1 aromatic carbocycles. The Balaban J connectivity index is 2.25. The van der Waals surface area contributed by atoms with Gasteiger partial charge in [0.15, 0.2) is 0 Å². The fourth-order valence-corrected chi connectivity index (χ4v) is 2.67. The van der Waals surface area contributed by atoms with Gasteiger partial charge < -0.3 is 10.2 Å². The van der Waals surface area contributed by atoms with Gasteiger partial charge in [0.05, 0.1) is 28.4 Å². The van der Waals surface area contributed by atoms with Crippen molar-refractivity contribution in [2.24, 2.45) is 11.0 Å². The number of anilines is 1. The van der Waals surface area contributed by atoms with Gasteiger partial charge in [0, 0.05) is 17.7 Å². The molecule has 0 spiro atoms. The van der Waals surface area contributed by atoms with Gasteiger partial charge in [-0.15, -0.1) is 0 Å². The summed E-state index contributed by atoms with van der Waals surface area (Å²) in [4.78, 5) is 31.2. The predicted octanol–water partition coefficient (Wildman–Crippen LogP) is 1.91. The third-order valence-electron chi connectivity index (χ3n) is 3.89. The molecule has 25 heavy (non-hydrogen) atoms. The predicted molar refractivity (Wildman–Crippen MR) is 86.4 cm³/mol. The van der Waals surface area contributed by atoms with Gasteiger partial charge in [-0.1, -0.05) is 0 Å². The van der Waals surface area contributed by atoms with E-state index in [9.17, 15) is 30.1 Å². The summed E-state index contributed by atoms with van der Waals surface area (Å²) in [5.74, 6) is -1.51. The normalized spacial score (nSPS) is 21.7. The van der Waals surface area contributed by atoms with Crippen molar-refractivity contribution < 1.29 is 24.9 Å². The first kappa shape index (κ1) is 18.3. The van der Waals surface area contributed by atoms with E-state index in [1.54, 1.807) is 0 Å². The fraction of sp³-hybridized carbons (Fsp3) is 0.429. The average molecular weight is 352 g/mol. The van der Waals surface area contributed by atoms with Gasteiger partial charge in [-0.3, -0.25) is 30.4 Å². The van der Waals surface area contributed by atoms with Crippen LogP contribution in [0.2, 0.25) is 0 Å². The smallest absolute Gasteiger partial charge is 0.304 e. The number of aliphatic carboxylic acids is 1. The molecule has 0 amide bonds. The van der Waals surface area contributed by atoms with Crippen LogP contribution in [0.3, 0.4) is 0 Å². The number of hydrogen-bond donors (Lipinski definition) is 3. The van der Waals surface area contributed by atoms with Crippen molar-refractivity contribution in [1.29, 1.82) is 0 Å². The number of nitro groups is 2. The lowest BCUT2D eigenvalue weighted by Gasteiger charge is -2.26. The molecule has 0 bridgehead atoms. The molecule has 1 fully saturated rings. The summed E-state index contributed by atoms with van der Waals surface area (Å²) in [6.07, 6.45) is 0.193. The zero-order valence-corrected chi connectivity index (χ0v) is 13.0. The van der Waals surface area contributed by atoms with Crippen LogP contribution in [0.4, 0.5) is 17.1 Å². The maximum atomic E-state index is 11.1. The molecule has 0 saturated heterocycles. The Morgan fingerprint density at radius 2 is 2.04 bits per heavy atom. The quantitative estimate of drug-likeness (QED) is 0.515. The minimum atomic E-state index is -1.03. The van der Waals surface area contributed by atoms with Crippen molar-refractivity contribution in [3.05, 3.63) is 38.4 Å². The van der Waals surface area contributed by atoms with Crippen LogP contribution in [0.25, 0.3) is 0 Å². The van der Waals surface area contributed by atoms with Crippen molar-refractivity contribution in [3.63, 3.8) is 0 Å². The largest absolute Gasteiger partial charge is 0.481 e. The zero-order valence-electron chi connectivity index (χ0n) is 13.0. The molecule has 2 rings (SSSR count). The zero-order chi connectivity index (χ0) is 18.6. The van der Waals surface area contributed by atoms with E-state index in [1.165, 1.54) is 6.07 Å². The maximum absolute atomic E-state index is 11.1. The van der Waals surface area contributed by atoms with Crippen LogP contribution in [-0.4, -0.2) is 37.8 Å². The van der Waals surface area contributed by atoms with Crippen molar-refractivity contribution in [3.8, 4) is 0 Å². The minimum absolute atomic E-state index is 0.0386.